The Labute approximate surface area is 119 Å². The molecule has 4 N–H and O–H groups in total. The fraction of sp³-hybridized carbons (Fsp3) is 0.0714. The number of nitrogens with two attached hydrogens (primary N) is 2. The van der Waals surface area contributed by atoms with E-state index in [1.165, 1.54) is 0 Å². The highest BCUT2D eigenvalue weighted by Gasteiger charge is 2.08. The van der Waals surface area contributed by atoms with Gasteiger partial charge in [0.15, 0.2) is 0 Å². The van der Waals surface area contributed by atoms with E-state index in [2.05, 4.69) is 15.9 Å². The molecule has 0 fully saturated rings. The topological polar surface area (TPSA) is 78.3 Å². The van der Waals surface area contributed by atoms with Crippen molar-refractivity contribution in [3.8, 4) is 11.5 Å². The van der Waals surface area contributed by atoms with Crippen molar-refractivity contribution in [1.82, 2.24) is 0 Å². The number of amides is 1. The minimum absolute atomic E-state index is 0.418. The smallest absolute Gasteiger partial charge is 0.249 e. The van der Waals surface area contributed by atoms with E-state index < -0.39 is 5.91 Å². The number of halogens is 1. The van der Waals surface area contributed by atoms with Crippen molar-refractivity contribution in [2.75, 3.05) is 5.73 Å². The highest BCUT2D eigenvalue weighted by Crippen LogP contribution is 2.29. The second-order valence-electron chi connectivity index (χ2n) is 4.13. The minimum Gasteiger partial charge on any atom is -0.457 e. The van der Waals surface area contributed by atoms with Gasteiger partial charge in [-0.15, -0.1) is 0 Å². The third kappa shape index (κ3) is 3.06. The molecule has 1 amide bonds. The number of ether oxygens (including phenoxy) is 1. The molecule has 0 aliphatic rings. The molecule has 0 bridgehead atoms. The van der Waals surface area contributed by atoms with Crippen molar-refractivity contribution in [2.24, 2.45) is 5.73 Å². The zero-order valence-corrected chi connectivity index (χ0v) is 11.9. The fourth-order valence-electron chi connectivity index (χ4n) is 1.67. The van der Waals surface area contributed by atoms with E-state index in [1.54, 1.807) is 30.3 Å². The summed E-state index contributed by atoms with van der Waals surface area (Å²) in [5.41, 5.74) is 13.0. The van der Waals surface area contributed by atoms with Crippen LogP contribution in [0.3, 0.4) is 0 Å². The average Bonchev–Trinajstić information content (AvgIpc) is 2.32. The maximum atomic E-state index is 11.1. The van der Waals surface area contributed by atoms with Crippen molar-refractivity contribution in [3.05, 3.63) is 52.0 Å². The van der Waals surface area contributed by atoms with Gasteiger partial charge in [0.1, 0.15) is 11.5 Å². The number of primary amides is 1. The molecule has 0 radical (unpaired) electrons. The van der Waals surface area contributed by atoms with Gasteiger partial charge in [-0.05, 0) is 64.8 Å². The standard InChI is InChI=1S/C14H13BrN2O2/c1-8-6-9(16)2-5-13(8)19-10-3-4-11(14(17)18)12(15)7-10/h2-7H,16H2,1H3,(H2,17,18). The summed E-state index contributed by atoms with van der Waals surface area (Å²) < 4.78 is 6.34. The molecule has 0 unspecified atom stereocenters. The molecular formula is C14H13BrN2O2. The Morgan fingerprint density at radius 1 is 1.21 bits per heavy atom. The Morgan fingerprint density at radius 3 is 2.53 bits per heavy atom. The molecule has 0 saturated heterocycles. The molecule has 0 spiro atoms. The molecule has 0 atom stereocenters. The molecule has 0 aliphatic heterocycles. The summed E-state index contributed by atoms with van der Waals surface area (Å²) in [7, 11) is 0. The average molecular weight is 321 g/mol. The largest absolute Gasteiger partial charge is 0.457 e. The Morgan fingerprint density at radius 2 is 1.95 bits per heavy atom. The summed E-state index contributed by atoms with van der Waals surface area (Å²) in [5, 5.41) is 0. The Balaban J connectivity index is 2.29. The summed E-state index contributed by atoms with van der Waals surface area (Å²) in [6.07, 6.45) is 0. The normalized spacial score (nSPS) is 10.2. The van der Waals surface area contributed by atoms with Crippen LogP contribution >= 0.6 is 15.9 Å². The summed E-state index contributed by atoms with van der Waals surface area (Å²) in [5.74, 6) is 0.847. The van der Waals surface area contributed by atoms with E-state index in [0.717, 1.165) is 5.56 Å². The molecule has 0 aromatic heterocycles. The highest BCUT2D eigenvalue weighted by atomic mass is 79.9. The second-order valence-corrected chi connectivity index (χ2v) is 4.99. The Bertz CT molecular complexity index is 641. The first-order chi connectivity index (χ1) is 8.97. The Hall–Kier alpha value is -2.01. The molecule has 2 rings (SSSR count). The second kappa shape index (κ2) is 5.32. The van der Waals surface area contributed by atoms with Gasteiger partial charge < -0.3 is 16.2 Å². The lowest BCUT2D eigenvalue weighted by molar-refractivity contribution is 0.0999. The van der Waals surface area contributed by atoms with Crippen molar-refractivity contribution in [1.29, 1.82) is 0 Å². The van der Waals surface area contributed by atoms with Crippen molar-refractivity contribution in [2.45, 2.75) is 6.92 Å². The summed E-state index contributed by atoms with van der Waals surface area (Å²) in [4.78, 5) is 11.1. The van der Waals surface area contributed by atoms with Crippen LogP contribution < -0.4 is 16.2 Å². The monoisotopic (exact) mass is 320 g/mol. The predicted molar refractivity (Wildman–Crippen MR) is 78.3 cm³/mol. The first-order valence-corrected chi connectivity index (χ1v) is 6.40. The fourth-order valence-corrected chi connectivity index (χ4v) is 2.23. The predicted octanol–water partition coefficient (Wildman–Crippen LogP) is 3.23. The lowest BCUT2D eigenvalue weighted by Gasteiger charge is -2.10. The summed E-state index contributed by atoms with van der Waals surface area (Å²) >= 11 is 3.29. The highest BCUT2D eigenvalue weighted by molar-refractivity contribution is 9.10. The molecule has 2 aromatic carbocycles. The molecular weight excluding hydrogens is 308 g/mol. The number of carbonyl (C=O) groups is 1. The van der Waals surface area contributed by atoms with Crippen LogP contribution in [-0.4, -0.2) is 5.91 Å². The van der Waals surface area contributed by atoms with E-state index in [1.807, 2.05) is 13.0 Å². The third-order valence-corrected chi connectivity index (χ3v) is 3.29. The SMILES string of the molecule is Cc1cc(N)ccc1Oc1ccc(C(N)=O)c(Br)c1. The lowest BCUT2D eigenvalue weighted by Crippen LogP contribution is -2.11. The van der Waals surface area contributed by atoms with E-state index in [0.29, 0.717) is 27.2 Å². The molecule has 5 heteroatoms. The maximum absolute atomic E-state index is 11.1. The van der Waals surface area contributed by atoms with Crippen LogP contribution in [0, 0.1) is 6.92 Å². The van der Waals surface area contributed by atoms with Crippen LogP contribution in [0.2, 0.25) is 0 Å². The summed E-state index contributed by atoms with van der Waals surface area (Å²) in [6.45, 7) is 1.92. The van der Waals surface area contributed by atoms with Gasteiger partial charge >= 0.3 is 0 Å². The number of hydrogen-bond acceptors (Lipinski definition) is 3. The van der Waals surface area contributed by atoms with E-state index in [9.17, 15) is 4.79 Å². The van der Waals surface area contributed by atoms with Crippen LogP contribution in [-0.2, 0) is 0 Å². The number of anilines is 1. The zero-order valence-electron chi connectivity index (χ0n) is 10.3. The molecule has 4 nitrogen and oxygen atoms in total. The molecule has 0 heterocycles. The molecule has 0 aliphatic carbocycles. The van der Waals surface area contributed by atoms with Crippen LogP contribution in [0.25, 0.3) is 0 Å². The van der Waals surface area contributed by atoms with Gasteiger partial charge in [0.25, 0.3) is 0 Å². The van der Waals surface area contributed by atoms with E-state index in [-0.39, 0.29) is 0 Å². The summed E-state index contributed by atoms with van der Waals surface area (Å²) in [6, 6.07) is 10.4. The van der Waals surface area contributed by atoms with Crippen LogP contribution in [0.1, 0.15) is 15.9 Å². The third-order valence-electron chi connectivity index (χ3n) is 2.63. The van der Waals surface area contributed by atoms with Crippen molar-refractivity contribution < 1.29 is 9.53 Å². The Kier molecular flexibility index (Phi) is 3.76. The zero-order chi connectivity index (χ0) is 14.0. The first kappa shape index (κ1) is 13.4. The number of hydrogen-bond donors (Lipinski definition) is 2. The maximum Gasteiger partial charge on any atom is 0.249 e. The number of benzene rings is 2. The number of nitrogen functional groups attached to an aromatic ring is 1. The van der Waals surface area contributed by atoms with Gasteiger partial charge in [0, 0.05) is 10.2 Å². The van der Waals surface area contributed by atoms with Crippen LogP contribution in [0.4, 0.5) is 5.69 Å². The van der Waals surface area contributed by atoms with Gasteiger partial charge in [-0.2, -0.15) is 0 Å². The van der Waals surface area contributed by atoms with Gasteiger partial charge in [-0.1, -0.05) is 0 Å². The number of aryl methyl sites for hydroxylation is 1. The van der Waals surface area contributed by atoms with Gasteiger partial charge in [0.05, 0.1) is 5.56 Å². The van der Waals surface area contributed by atoms with Crippen LogP contribution in [0.15, 0.2) is 40.9 Å². The number of rotatable bonds is 3. The van der Waals surface area contributed by atoms with E-state index >= 15 is 0 Å². The molecule has 98 valence electrons. The van der Waals surface area contributed by atoms with Crippen LogP contribution in [0.5, 0.6) is 11.5 Å². The van der Waals surface area contributed by atoms with Gasteiger partial charge in [-0.25, -0.2) is 0 Å². The minimum atomic E-state index is -0.484. The quantitative estimate of drug-likeness (QED) is 0.852. The van der Waals surface area contributed by atoms with Gasteiger partial charge in [0.2, 0.25) is 5.91 Å². The number of carbonyl (C=O) groups excluding carboxylic acids is 1. The molecule has 19 heavy (non-hydrogen) atoms. The van der Waals surface area contributed by atoms with Crippen molar-refractivity contribution in [3.63, 3.8) is 0 Å². The van der Waals surface area contributed by atoms with Gasteiger partial charge in [-0.3, -0.25) is 4.79 Å². The van der Waals surface area contributed by atoms with Crippen molar-refractivity contribution >= 4 is 27.5 Å². The molecule has 0 saturated carbocycles. The molecule has 2 aromatic rings. The first-order valence-electron chi connectivity index (χ1n) is 5.60. The van der Waals surface area contributed by atoms with E-state index in [4.69, 9.17) is 16.2 Å². The lowest BCUT2D eigenvalue weighted by atomic mass is 10.2.